The molecule has 202 valence electrons. The van der Waals surface area contributed by atoms with Crippen LogP contribution in [-0.2, 0) is 20.6 Å². The molecular weight excluding hydrogens is 536 g/mol. The van der Waals surface area contributed by atoms with Crippen LogP contribution in [0, 0.1) is 6.92 Å². The van der Waals surface area contributed by atoms with E-state index in [0.717, 1.165) is 30.3 Å². The van der Waals surface area contributed by atoms with Crippen molar-refractivity contribution >= 4 is 33.2 Å². The van der Waals surface area contributed by atoms with Crippen molar-refractivity contribution in [1.82, 2.24) is 9.97 Å². The molecule has 2 atom stereocenters. The molecule has 0 aromatic carbocycles. The van der Waals surface area contributed by atoms with Gasteiger partial charge in [0.05, 0.1) is 24.3 Å². The number of halogens is 6. The highest BCUT2D eigenvalue weighted by atomic mass is 32.2. The van der Waals surface area contributed by atoms with Gasteiger partial charge in [-0.1, -0.05) is 0 Å². The molecule has 3 rings (SSSR count). The molecule has 2 N–H and O–H groups in total. The van der Waals surface area contributed by atoms with Crippen LogP contribution < -0.4 is 10.2 Å². The Hall–Kier alpha value is -3.47. The van der Waals surface area contributed by atoms with E-state index in [1.807, 2.05) is 0 Å². The molecule has 1 aliphatic rings. The molecule has 0 spiro atoms. The zero-order valence-electron chi connectivity index (χ0n) is 19.1. The van der Waals surface area contributed by atoms with Crippen LogP contribution in [-0.4, -0.2) is 69.5 Å². The molecular formula is C20H19F6N5O5S. The maximum absolute atomic E-state index is 13.5. The van der Waals surface area contributed by atoms with Gasteiger partial charge in [0.15, 0.2) is 6.10 Å². The van der Waals surface area contributed by atoms with Gasteiger partial charge in [-0.15, -0.1) is 4.36 Å². The SMILES string of the molecule is Cc1c(C(F)(F)F)cnc(N2CCOC(C(F)(F)F)C2)c1C(=O)Nc1ccnc(S(C)(=O)=NC(=O)O)c1. The number of aromatic nitrogens is 2. The smallest absolute Gasteiger partial charge is 0.439 e. The predicted molar refractivity (Wildman–Crippen MR) is 117 cm³/mol. The zero-order chi connectivity index (χ0) is 27.8. The van der Waals surface area contributed by atoms with Crippen LogP contribution in [0.5, 0.6) is 0 Å². The van der Waals surface area contributed by atoms with Gasteiger partial charge in [0, 0.05) is 30.9 Å². The summed E-state index contributed by atoms with van der Waals surface area (Å²) in [4.78, 5) is 32.5. The minimum absolute atomic E-state index is 0.136. The Bertz CT molecular complexity index is 1340. The van der Waals surface area contributed by atoms with Crippen LogP contribution >= 0.6 is 0 Å². The summed E-state index contributed by atoms with van der Waals surface area (Å²) < 4.78 is 101. The van der Waals surface area contributed by atoms with E-state index in [1.54, 1.807) is 0 Å². The van der Waals surface area contributed by atoms with Gasteiger partial charge in [0.2, 0.25) is 0 Å². The monoisotopic (exact) mass is 555 g/mol. The van der Waals surface area contributed by atoms with Crippen molar-refractivity contribution in [2.24, 2.45) is 4.36 Å². The summed E-state index contributed by atoms with van der Waals surface area (Å²) in [6.45, 7) is -0.431. The van der Waals surface area contributed by atoms with Crippen LogP contribution in [0.3, 0.4) is 0 Å². The number of hydrogen-bond acceptors (Lipinski definition) is 7. The second-order valence-electron chi connectivity index (χ2n) is 7.85. The fraction of sp³-hybridized carbons (Fsp3) is 0.400. The number of hydrogen-bond donors (Lipinski definition) is 2. The molecule has 2 aromatic rings. The molecule has 10 nitrogen and oxygen atoms in total. The number of carbonyl (C=O) groups excluding carboxylic acids is 1. The minimum Gasteiger partial charge on any atom is -0.463 e. The number of carbonyl (C=O) groups is 2. The molecule has 3 heterocycles. The third-order valence-electron chi connectivity index (χ3n) is 5.22. The van der Waals surface area contributed by atoms with Gasteiger partial charge in [-0.3, -0.25) is 4.79 Å². The van der Waals surface area contributed by atoms with E-state index in [2.05, 4.69) is 19.6 Å². The molecule has 0 radical (unpaired) electrons. The lowest BCUT2D eigenvalue weighted by molar-refractivity contribution is -0.221. The second-order valence-corrected chi connectivity index (χ2v) is 10.1. The summed E-state index contributed by atoms with van der Waals surface area (Å²) in [6.07, 6.45) is -11.2. The number of ether oxygens (including phenoxy) is 1. The Morgan fingerprint density at radius 3 is 2.51 bits per heavy atom. The summed E-state index contributed by atoms with van der Waals surface area (Å²) in [5, 5.41) is 10.7. The Balaban J connectivity index is 2.06. The number of alkyl halides is 6. The van der Waals surface area contributed by atoms with E-state index in [9.17, 15) is 40.1 Å². The van der Waals surface area contributed by atoms with Crippen molar-refractivity contribution in [3.8, 4) is 0 Å². The minimum atomic E-state index is -4.92. The van der Waals surface area contributed by atoms with Crippen molar-refractivity contribution in [2.45, 2.75) is 30.4 Å². The number of nitrogens with one attached hydrogen (secondary N) is 1. The Kier molecular flexibility index (Phi) is 7.69. The molecule has 1 fully saturated rings. The van der Waals surface area contributed by atoms with Gasteiger partial charge < -0.3 is 20.1 Å². The molecule has 2 amide bonds. The van der Waals surface area contributed by atoms with Gasteiger partial charge in [-0.2, -0.15) is 26.3 Å². The van der Waals surface area contributed by atoms with Crippen LogP contribution in [0.2, 0.25) is 0 Å². The predicted octanol–water partition coefficient (Wildman–Crippen LogP) is 3.96. The highest BCUT2D eigenvalue weighted by Crippen LogP contribution is 2.37. The second kappa shape index (κ2) is 10.1. The highest BCUT2D eigenvalue weighted by Gasteiger charge is 2.44. The Labute approximate surface area is 205 Å². The Morgan fingerprint density at radius 2 is 1.92 bits per heavy atom. The topological polar surface area (TPSA) is 134 Å². The molecule has 0 saturated carbocycles. The molecule has 2 aromatic heterocycles. The molecule has 1 saturated heterocycles. The number of rotatable bonds is 4. The van der Waals surface area contributed by atoms with E-state index < -0.39 is 75.8 Å². The highest BCUT2D eigenvalue weighted by molar-refractivity contribution is 7.93. The van der Waals surface area contributed by atoms with Gasteiger partial charge in [-0.25, -0.2) is 19.0 Å². The normalized spacial score (nSPS) is 18.2. The Morgan fingerprint density at radius 1 is 1.24 bits per heavy atom. The van der Waals surface area contributed by atoms with E-state index in [-0.39, 0.29) is 17.3 Å². The van der Waals surface area contributed by atoms with Gasteiger partial charge in [0.25, 0.3) is 5.91 Å². The molecule has 0 aliphatic carbocycles. The van der Waals surface area contributed by atoms with Crippen LogP contribution in [0.4, 0.5) is 42.6 Å². The van der Waals surface area contributed by atoms with E-state index in [1.165, 1.54) is 6.07 Å². The number of morpholine rings is 1. The number of carboxylic acid groups (broad SMARTS) is 1. The van der Waals surface area contributed by atoms with Crippen LogP contribution in [0.15, 0.2) is 33.9 Å². The summed E-state index contributed by atoms with van der Waals surface area (Å²) in [6, 6.07) is 2.19. The summed E-state index contributed by atoms with van der Waals surface area (Å²) in [5.74, 6) is -1.58. The number of amides is 2. The third-order valence-corrected chi connectivity index (χ3v) is 6.72. The first kappa shape index (κ1) is 28.1. The fourth-order valence-corrected chi connectivity index (χ4v) is 4.50. The molecule has 2 unspecified atom stereocenters. The van der Waals surface area contributed by atoms with E-state index >= 15 is 0 Å². The van der Waals surface area contributed by atoms with Gasteiger partial charge in [-0.05, 0) is 24.6 Å². The fourth-order valence-electron chi connectivity index (χ4n) is 3.51. The van der Waals surface area contributed by atoms with E-state index in [4.69, 9.17) is 9.84 Å². The van der Waals surface area contributed by atoms with Crippen molar-refractivity contribution in [3.05, 3.63) is 41.2 Å². The van der Waals surface area contributed by atoms with Crippen molar-refractivity contribution in [1.29, 1.82) is 0 Å². The first-order valence-electron chi connectivity index (χ1n) is 10.2. The first-order valence-corrected chi connectivity index (χ1v) is 12.2. The van der Waals surface area contributed by atoms with Gasteiger partial charge in [0.1, 0.15) is 20.6 Å². The summed E-state index contributed by atoms with van der Waals surface area (Å²) in [5.41, 5.74) is -2.62. The van der Waals surface area contributed by atoms with Gasteiger partial charge >= 0.3 is 18.4 Å². The number of anilines is 2. The average Bonchev–Trinajstić information content (AvgIpc) is 2.76. The number of pyridine rings is 2. The zero-order valence-corrected chi connectivity index (χ0v) is 19.9. The van der Waals surface area contributed by atoms with Crippen molar-refractivity contribution < 1.29 is 50.0 Å². The lowest BCUT2D eigenvalue weighted by Gasteiger charge is -2.35. The average molecular weight is 555 g/mol. The number of nitrogens with zero attached hydrogens (tertiary/aromatic N) is 4. The van der Waals surface area contributed by atoms with Crippen LogP contribution in [0.1, 0.15) is 21.5 Å². The third kappa shape index (κ3) is 6.46. The molecule has 0 bridgehead atoms. The maximum Gasteiger partial charge on any atom is 0.439 e. The lowest BCUT2D eigenvalue weighted by Crippen LogP contribution is -2.50. The quantitative estimate of drug-likeness (QED) is 0.542. The van der Waals surface area contributed by atoms with E-state index in [0.29, 0.717) is 6.20 Å². The lowest BCUT2D eigenvalue weighted by atomic mass is 10.0. The van der Waals surface area contributed by atoms with Crippen molar-refractivity contribution in [2.75, 3.05) is 36.2 Å². The summed E-state index contributed by atoms with van der Waals surface area (Å²) >= 11 is 0. The maximum atomic E-state index is 13.5. The first-order chi connectivity index (χ1) is 17.0. The van der Waals surface area contributed by atoms with Crippen LogP contribution in [0.25, 0.3) is 0 Å². The molecule has 17 heteroatoms. The standard InChI is InChI=1S/C20H19F6N5O5S/c1-10-12(19(21,22)23)8-28-16(31-5-6-36-13(9-31)20(24,25)26)15(10)17(32)29-11-3-4-27-14(7-11)37(2,35)30-18(33)34/h3-4,7-8,13H,5-6,9H2,1-2H3,(H,33,34)(H,27,29,32). The molecule has 1 aliphatic heterocycles. The molecule has 37 heavy (non-hydrogen) atoms. The van der Waals surface area contributed by atoms with Crippen molar-refractivity contribution in [3.63, 3.8) is 0 Å². The largest absolute Gasteiger partial charge is 0.463 e. The summed E-state index contributed by atoms with van der Waals surface area (Å²) in [7, 11) is -3.54.